The summed E-state index contributed by atoms with van der Waals surface area (Å²) in [6, 6.07) is 14.2. The summed E-state index contributed by atoms with van der Waals surface area (Å²) in [6.07, 6.45) is 2.00. The SMILES string of the molecule is CSc1ccccc1C(N)c1cc2cccc(F)c2o1. The second kappa shape index (κ2) is 5.31. The van der Waals surface area contributed by atoms with Gasteiger partial charge >= 0.3 is 0 Å². The van der Waals surface area contributed by atoms with E-state index >= 15 is 0 Å². The van der Waals surface area contributed by atoms with Crippen LogP contribution in [0.25, 0.3) is 11.0 Å². The van der Waals surface area contributed by atoms with E-state index in [9.17, 15) is 4.39 Å². The highest BCUT2D eigenvalue weighted by Gasteiger charge is 2.18. The Bertz CT molecular complexity index is 753. The second-order valence-corrected chi connectivity index (χ2v) is 5.37. The van der Waals surface area contributed by atoms with E-state index in [1.54, 1.807) is 23.9 Å². The number of thioether (sulfide) groups is 1. The van der Waals surface area contributed by atoms with E-state index in [2.05, 4.69) is 0 Å². The van der Waals surface area contributed by atoms with E-state index in [0.29, 0.717) is 5.76 Å². The smallest absolute Gasteiger partial charge is 0.169 e. The lowest BCUT2D eigenvalue weighted by atomic mass is 10.1. The minimum Gasteiger partial charge on any atom is -0.456 e. The molecule has 2 N–H and O–H groups in total. The third kappa shape index (κ3) is 2.21. The highest BCUT2D eigenvalue weighted by atomic mass is 32.2. The van der Waals surface area contributed by atoms with Crippen molar-refractivity contribution in [1.82, 2.24) is 0 Å². The molecule has 3 aromatic rings. The number of benzene rings is 2. The van der Waals surface area contributed by atoms with Gasteiger partial charge in [0.05, 0.1) is 6.04 Å². The van der Waals surface area contributed by atoms with Crippen molar-refractivity contribution in [3.63, 3.8) is 0 Å². The quantitative estimate of drug-likeness (QED) is 0.728. The Morgan fingerprint density at radius 2 is 1.95 bits per heavy atom. The first-order valence-corrected chi connectivity index (χ1v) is 7.49. The fourth-order valence-corrected chi connectivity index (χ4v) is 2.92. The molecule has 2 aromatic carbocycles. The lowest BCUT2D eigenvalue weighted by Crippen LogP contribution is -2.11. The van der Waals surface area contributed by atoms with Crippen molar-refractivity contribution in [2.75, 3.05) is 6.26 Å². The second-order valence-electron chi connectivity index (χ2n) is 4.53. The topological polar surface area (TPSA) is 39.2 Å². The Morgan fingerprint density at radius 3 is 2.70 bits per heavy atom. The fraction of sp³-hybridized carbons (Fsp3) is 0.125. The van der Waals surface area contributed by atoms with Crippen molar-refractivity contribution >= 4 is 22.7 Å². The van der Waals surface area contributed by atoms with Gasteiger partial charge in [0.25, 0.3) is 0 Å². The number of rotatable bonds is 3. The molecule has 0 aliphatic carbocycles. The normalized spacial score (nSPS) is 12.8. The average Bonchev–Trinajstić information content (AvgIpc) is 2.92. The van der Waals surface area contributed by atoms with E-state index in [-0.39, 0.29) is 11.4 Å². The predicted octanol–water partition coefficient (Wildman–Crippen LogP) is 4.34. The standard InChI is InChI=1S/C16H14FNOS/c1-20-14-8-3-2-6-11(14)15(18)13-9-10-5-4-7-12(17)16(10)19-13/h2-9,15H,18H2,1H3. The van der Waals surface area contributed by atoms with E-state index in [0.717, 1.165) is 15.8 Å². The molecule has 20 heavy (non-hydrogen) atoms. The lowest BCUT2D eigenvalue weighted by molar-refractivity contribution is 0.500. The van der Waals surface area contributed by atoms with Crippen LogP contribution in [0.1, 0.15) is 17.4 Å². The molecule has 3 rings (SSSR count). The molecular weight excluding hydrogens is 273 g/mol. The zero-order valence-corrected chi connectivity index (χ0v) is 11.8. The van der Waals surface area contributed by atoms with Crippen LogP contribution >= 0.6 is 11.8 Å². The first kappa shape index (κ1) is 13.2. The van der Waals surface area contributed by atoms with Gasteiger partial charge in [0.2, 0.25) is 0 Å². The molecule has 0 saturated heterocycles. The Balaban J connectivity index is 2.08. The van der Waals surface area contributed by atoms with Gasteiger partial charge in [-0.2, -0.15) is 0 Å². The van der Waals surface area contributed by atoms with Crippen LogP contribution < -0.4 is 5.73 Å². The maximum absolute atomic E-state index is 13.7. The monoisotopic (exact) mass is 287 g/mol. The van der Waals surface area contributed by atoms with Crippen LogP contribution in [0.5, 0.6) is 0 Å². The van der Waals surface area contributed by atoms with E-state index in [1.807, 2.05) is 36.6 Å². The van der Waals surface area contributed by atoms with E-state index in [4.69, 9.17) is 10.2 Å². The maximum atomic E-state index is 13.7. The molecule has 0 radical (unpaired) electrons. The lowest BCUT2D eigenvalue weighted by Gasteiger charge is -2.12. The van der Waals surface area contributed by atoms with Crippen molar-refractivity contribution in [3.05, 3.63) is 65.7 Å². The van der Waals surface area contributed by atoms with Crippen LogP contribution in [0.15, 0.2) is 57.8 Å². The zero-order chi connectivity index (χ0) is 14.1. The Labute approximate surface area is 120 Å². The molecule has 0 amide bonds. The van der Waals surface area contributed by atoms with Crippen LogP contribution in [-0.4, -0.2) is 6.26 Å². The Morgan fingerprint density at radius 1 is 1.15 bits per heavy atom. The molecule has 1 unspecified atom stereocenters. The van der Waals surface area contributed by atoms with Crippen molar-refractivity contribution in [2.45, 2.75) is 10.9 Å². The summed E-state index contributed by atoms with van der Waals surface area (Å²) >= 11 is 1.63. The molecule has 1 atom stereocenters. The molecule has 1 heterocycles. The third-order valence-electron chi connectivity index (χ3n) is 3.30. The van der Waals surface area contributed by atoms with Gasteiger partial charge in [-0.25, -0.2) is 4.39 Å². The number of hydrogen-bond acceptors (Lipinski definition) is 3. The summed E-state index contributed by atoms with van der Waals surface area (Å²) in [5.41, 5.74) is 7.53. The Hall–Kier alpha value is -1.78. The first-order valence-electron chi connectivity index (χ1n) is 6.27. The van der Waals surface area contributed by atoms with E-state index < -0.39 is 6.04 Å². The molecule has 1 aromatic heterocycles. The summed E-state index contributed by atoms with van der Waals surface area (Å²) in [7, 11) is 0. The van der Waals surface area contributed by atoms with Gasteiger partial charge in [-0.15, -0.1) is 11.8 Å². The minimum atomic E-state index is -0.398. The summed E-state index contributed by atoms with van der Waals surface area (Å²) in [5, 5.41) is 0.733. The molecule has 0 bridgehead atoms. The maximum Gasteiger partial charge on any atom is 0.169 e. The summed E-state index contributed by atoms with van der Waals surface area (Å²) < 4.78 is 19.3. The van der Waals surface area contributed by atoms with Gasteiger partial charge < -0.3 is 10.2 Å². The molecule has 0 spiro atoms. The highest BCUT2D eigenvalue weighted by molar-refractivity contribution is 7.98. The zero-order valence-electron chi connectivity index (χ0n) is 11.0. The van der Waals surface area contributed by atoms with Crippen molar-refractivity contribution in [3.8, 4) is 0 Å². The van der Waals surface area contributed by atoms with Crippen LogP contribution in [0.4, 0.5) is 4.39 Å². The third-order valence-corrected chi connectivity index (χ3v) is 4.11. The molecule has 4 heteroatoms. The van der Waals surface area contributed by atoms with Gasteiger partial charge in [-0.3, -0.25) is 0 Å². The van der Waals surface area contributed by atoms with Crippen LogP contribution in [0.3, 0.4) is 0 Å². The van der Waals surface area contributed by atoms with Crippen LogP contribution in [-0.2, 0) is 0 Å². The van der Waals surface area contributed by atoms with Crippen molar-refractivity contribution in [1.29, 1.82) is 0 Å². The van der Waals surface area contributed by atoms with Crippen LogP contribution in [0.2, 0.25) is 0 Å². The molecule has 0 saturated carbocycles. The molecule has 0 aliphatic rings. The van der Waals surface area contributed by atoms with Gasteiger partial charge in [0.1, 0.15) is 5.76 Å². The molecular formula is C16H14FNOS. The summed E-state index contributed by atoms with van der Waals surface area (Å²) in [6.45, 7) is 0. The number of furan rings is 1. The van der Waals surface area contributed by atoms with Gasteiger partial charge in [0, 0.05) is 10.3 Å². The predicted molar refractivity (Wildman–Crippen MR) is 80.4 cm³/mol. The Kier molecular flexibility index (Phi) is 3.51. The molecule has 2 nitrogen and oxygen atoms in total. The van der Waals surface area contributed by atoms with Gasteiger partial charge in [0.15, 0.2) is 11.4 Å². The minimum absolute atomic E-state index is 0.264. The van der Waals surface area contributed by atoms with Crippen molar-refractivity contribution in [2.24, 2.45) is 5.73 Å². The van der Waals surface area contributed by atoms with Gasteiger partial charge in [-0.05, 0) is 30.0 Å². The van der Waals surface area contributed by atoms with Crippen molar-refractivity contribution < 1.29 is 8.81 Å². The summed E-state index contributed by atoms with van der Waals surface area (Å²) in [4.78, 5) is 1.10. The van der Waals surface area contributed by atoms with Gasteiger partial charge in [-0.1, -0.05) is 30.3 Å². The van der Waals surface area contributed by atoms with E-state index in [1.165, 1.54) is 6.07 Å². The largest absolute Gasteiger partial charge is 0.456 e. The van der Waals surface area contributed by atoms with Crippen LogP contribution in [0, 0.1) is 5.82 Å². The highest BCUT2D eigenvalue weighted by Crippen LogP contribution is 2.32. The summed E-state index contributed by atoms with van der Waals surface area (Å²) in [5.74, 6) is 0.214. The molecule has 102 valence electrons. The number of nitrogens with two attached hydrogens (primary N) is 1. The molecule has 0 fully saturated rings. The number of halogens is 1. The fourth-order valence-electron chi connectivity index (χ4n) is 2.28. The number of hydrogen-bond donors (Lipinski definition) is 1. The number of para-hydroxylation sites is 1. The molecule has 0 aliphatic heterocycles. The first-order chi connectivity index (χ1) is 9.70. The number of fused-ring (bicyclic) bond motifs is 1. The average molecular weight is 287 g/mol.